The number of nitrogens with one attached hydrogen (secondary N) is 1. The van der Waals surface area contributed by atoms with Crippen LogP contribution in [0.1, 0.15) is 19.3 Å². The molecular weight excluding hydrogens is 270 g/mol. The molecule has 1 aromatic carbocycles. The molecule has 1 amide bonds. The Morgan fingerprint density at radius 3 is 3.06 bits per heavy atom. The van der Waals surface area contributed by atoms with Crippen molar-refractivity contribution in [2.45, 2.75) is 19.3 Å². The lowest BCUT2D eigenvalue weighted by atomic mass is 10.2. The van der Waals surface area contributed by atoms with Crippen LogP contribution in [0.2, 0.25) is 5.02 Å². The number of hydrogen-bond acceptors (Lipinski definition) is 4. The van der Waals surface area contributed by atoms with Crippen molar-refractivity contribution in [2.24, 2.45) is 5.73 Å². The van der Waals surface area contributed by atoms with Crippen molar-refractivity contribution in [3.63, 3.8) is 0 Å². The Labute approximate surface area is 114 Å². The molecule has 0 atom stereocenters. The Morgan fingerprint density at radius 2 is 2.28 bits per heavy atom. The lowest BCUT2D eigenvalue weighted by Gasteiger charge is -1.99. The summed E-state index contributed by atoms with van der Waals surface area (Å²) in [5.41, 5.74) is 6.23. The minimum absolute atomic E-state index is 0.0198. The van der Waals surface area contributed by atoms with E-state index in [4.69, 9.17) is 17.3 Å². The van der Waals surface area contributed by atoms with Gasteiger partial charge in [-0.25, -0.2) is 4.98 Å². The maximum atomic E-state index is 11.6. The van der Waals surface area contributed by atoms with Crippen LogP contribution >= 0.6 is 22.9 Å². The van der Waals surface area contributed by atoms with Crippen LogP contribution < -0.4 is 11.1 Å². The molecular formula is C12H14ClN3OS. The summed E-state index contributed by atoms with van der Waals surface area (Å²) in [5, 5.41) is 4.08. The number of unbranched alkanes of at least 4 members (excludes halogenated alkanes) is 1. The second-order valence-corrected chi connectivity index (χ2v) is 5.39. The van der Waals surface area contributed by atoms with E-state index in [-0.39, 0.29) is 5.91 Å². The molecule has 1 heterocycles. The number of benzene rings is 1. The smallest absolute Gasteiger partial charge is 0.226 e. The quantitative estimate of drug-likeness (QED) is 0.829. The highest BCUT2D eigenvalue weighted by atomic mass is 35.5. The van der Waals surface area contributed by atoms with Crippen LogP contribution in [0.15, 0.2) is 18.2 Å². The summed E-state index contributed by atoms with van der Waals surface area (Å²) in [7, 11) is 0. The van der Waals surface area contributed by atoms with Gasteiger partial charge in [-0.3, -0.25) is 4.79 Å². The van der Waals surface area contributed by atoms with Crippen LogP contribution in [0, 0.1) is 0 Å². The molecule has 4 nitrogen and oxygen atoms in total. The molecule has 0 aliphatic heterocycles. The highest BCUT2D eigenvalue weighted by Gasteiger charge is 2.07. The van der Waals surface area contributed by atoms with Crippen LogP contribution in [-0.4, -0.2) is 17.4 Å². The van der Waals surface area contributed by atoms with Crippen LogP contribution in [0.3, 0.4) is 0 Å². The minimum Gasteiger partial charge on any atom is -0.330 e. The number of fused-ring (bicyclic) bond motifs is 1. The molecule has 0 bridgehead atoms. The van der Waals surface area contributed by atoms with Gasteiger partial charge in [0.2, 0.25) is 5.91 Å². The normalized spacial score (nSPS) is 10.8. The first-order valence-electron chi connectivity index (χ1n) is 5.75. The fourth-order valence-electron chi connectivity index (χ4n) is 1.56. The topological polar surface area (TPSA) is 68.0 Å². The van der Waals surface area contributed by atoms with Crippen molar-refractivity contribution in [3.8, 4) is 0 Å². The van der Waals surface area contributed by atoms with E-state index in [0.29, 0.717) is 23.1 Å². The maximum Gasteiger partial charge on any atom is 0.226 e. The fraction of sp³-hybridized carbons (Fsp3) is 0.333. The van der Waals surface area contributed by atoms with Crippen molar-refractivity contribution in [3.05, 3.63) is 23.2 Å². The van der Waals surface area contributed by atoms with E-state index in [0.717, 1.165) is 23.1 Å². The summed E-state index contributed by atoms with van der Waals surface area (Å²) in [6.07, 6.45) is 2.15. The van der Waals surface area contributed by atoms with E-state index in [1.54, 1.807) is 6.07 Å². The summed E-state index contributed by atoms with van der Waals surface area (Å²) in [6.45, 7) is 0.618. The van der Waals surface area contributed by atoms with Crippen LogP contribution in [-0.2, 0) is 4.79 Å². The summed E-state index contributed by atoms with van der Waals surface area (Å²) in [4.78, 5) is 15.9. The third kappa shape index (κ3) is 3.41. The highest BCUT2D eigenvalue weighted by Crippen LogP contribution is 2.28. The molecule has 0 unspecified atom stereocenters. The molecule has 3 N–H and O–H groups in total. The standard InChI is InChI=1S/C12H14ClN3OS/c13-8-4-5-9-10(7-8)18-12(15-9)16-11(17)3-1-2-6-14/h4-5,7H,1-3,6,14H2,(H,15,16,17). The van der Waals surface area contributed by atoms with E-state index in [9.17, 15) is 4.79 Å². The molecule has 0 fully saturated rings. The Kier molecular flexibility index (Phi) is 4.52. The second-order valence-electron chi connectivity index (χ2n) is 3.93. The van der Waals surface area contributed by atoms with Crippen molar-refractivity contribution in [1.29, 1.82) is 0 Å². The molecule has 6 heteroatoms. The Balaban J connectivity index is 2.01. The van der Waals surface area contributed by atoms with Gasteiger partial charge in [0.15, 0.2) is 5.13 Å². The van der Waals surface area contributed by atoms with Crippen LogP contribution in [0.4, 0.5) is 5.13 Å². The van der Waals surface area contributed by atoms with Gasteiger partial charge in [0.05, 0.1) is 10.2 Å². The molecule has 0 saturated carbocycles. The van der Waals surface area contributed by atoms with Gasteiger partial charge in [-0.1, -0.05) is 22.9 Å². The third-order valence-corrected chi connectivity index (χ3v) is 3.62. The Morgan fingerprint density at radius 1 is 1.44 bits per heavy atom. The molecule has 2 aromatic rings. The van der Waals surface area contributed by atoms with Gasteiger partial charge in [-0.2, -0.15) is 0 Å². The van der Waals surface area contributed by atoms with E-state index in [1.165, 1.54) is 11.3 Å². The summed E-state index contributed by atoms with van der Waals surface area (Å²) >= 11 is 7.32. The van der Waals surface area contributed by atoms with Gasteiger partial charge >= 0.3 is 0 Å². The van der Waals surface area contributed by atoms with Crippen molar-refractivity contribution >= 4 is 44.2 Å². The molecule has 96 valence electrons. The van der Waals surface area contributed by atoms with E-state index in [2.05, 4.69) is 10.3 Å². The largest absolute Gasteiger partial charge is 0.330 e. The molecule has 0 radical (unpaired) electrons. The number of carbonyl (C=O) groups is 1. The number of halogens is 1. The zero-order chi connectivity index (χ0) is 13.0. The summed E-state index contributed by atoms with van der Waals surface area (Å²) in [5.74, 6) is -0.0198. The predicted octanol–water partition coefficient (Wildman–Crippen LogP) is 3.02. The number of amides is 1. The Hall–Kier alpha value is -1.17. The summed E-state index contributed by atoms with van der Waals surface area (Å²) in [6, 6.07) is 5.48. The highest BCUT2D eigenvalue weighted by molar-refractivity contribution is 7.22. The number of anilines is 1. The number of nitrogens with two attached hydrogens (primary N) is 1. The molecule has 0 saturated heterocycles. The van der Waals surface area contributed by atoms with Gasteiger partial charge in [0.1, 0.15) is 0 Å². The van der Waals surface area contributed by atoms with Crippen molar-refractivity contribution < 1.29 is 4.79 Å². The molecule has 0 aliphatic carbocycles. The van der Waals surface area contributed by atoms with E-state index < -0.39 is 0 Å². The van der Waals surface area contributed by atoms with E-state index >= 15 is 0 Å². The zero-order valence-electron chi connectivity index (χ0n) is 9.78. The lowest BCUT2D eigenvalue weighted by molar-refractivity contribution is -0.116. The molecule has 1 aromatic heterocycles. The molecule has 0 aliphatic rings. The van der Waals surface area contributed by atoms with Gasteiger partial charge in [0, 0.05) is 11.4 Å². The summed E-state index contributed by atoms with van der Waals surface area (Å²) < 4.78 is 0.972. The average Bonchev–Trinajstić information content (AvgIpc) is 2.70. The number of rotatable bonds is 5. The second kappa shape index (κ2) is 6.13. The Bertz CT molecular complexity index is 555. The third-order valence-electron chi connectivity index (χ3n) is 2.45. The number of hydrogen-bond donors (Lipinski definition) is 2. The molecule has 0 spiro atoms. The van der Waals surface area contributed by atoms with Crippen molar-refractivity contribution in [2.75, 3.05) is 11.9 Å². The number of carbonyl (C=O) groups excluding carboxylic acids is 1. The van der Waals surface area contributed by atoms with Crippen molar-refractivity contribution in [1.82, 2.24) is 4.98 Å². The predicted molar refractivity (Wildman–Crippen MR) is 76.2 cm³/mol. The fourth-order valence-corrected chi connectivity index (χ4v) is 2.72. The maximum absolute atomic E-state index is 11.6. The molecule has 18 heavy (non-hydrogen) atoms. The van der Waals surface area contributed by atoms with Crippen LogP contribution in [0.5, 0.6) is 0 Å². The SMILES string of the molecule is NCCCCC(=O)Nc1nc2ccc(Cl)cc2s1. The zero-order valence-corrected chi connectivity index (χ0v) is 11.4. The first-order valence-corrected chi connectivity index (χ1v) is 6.94. The van der Waals surface area contributed by atoms with Gasteiger partial charge in [-0.15, -0.1) is 0 Å². The first-order chi connectivity index (χ1) is 8.69. The van der Waals surface area contributed by atoms with Gasteiger partial charge < -0.3 is 11.1 Å². The molecule has 2 rings (SSSR count). The minimum atomic E-state index is -0.0198. The lowest BCUT2D eigenvalue weighted by Crippen LogP contribution is -2.11. The number of nitrogens with zero attached hydrogens (tertiary/aromatic N) is 1. The first kappa shape index (κ1) is 13.3. The monoisotopic (exact) mass is 283 g/mol. The van der Waals surface area contributed by atoms with E-state index in [1.807, 2.05) is 12.1 Å². The average molecular weight is 284 g/mol. The number of thiazole rings is 1. The van der Waals surface area contributed by atoms with Gasteiger partial charge in [-0.05, 0) is 37.6 Å². The van der Waals surface area contributed by atoms with Crippen LogP contribution in [0.25, 0.3) is 10.2 Å². The van der Waals surface area contributed by atoms with Gasteiger partial charge in [0.25, 0.3) is 0 Å². The number of aromatic nitrogens is 1.